The van der Waals surface area contributed by atoms with Gasteiger partial charge in [0.1, 0.15) is 5.75 Å². The quantitative estimate of drug-likeness (QED) is 0.778. The van der Waals surface area contributed by atoms with Crippen LogP contribution in [0.15, 0.2) is 41.3 Å². The fourth-order valence-electron chi connectivity index (χ4n) is 1.71. The van der Waals surface area contributed by atoms with Crippen molar-refractivity contribution >= 4 is 23.4 Å². The Hall–Kier alpha value is -1.23. The van der Waals surface area contributed by atoms with Gasteiger partial charge in [0.2, 0.25) is 5.88 Å². The summed E-state index contributed by atoms with van der Waals surface area (Å²) >= 11 is 7.86. The molecule has 1 aromatic carbocycles. The maximum atomic E-state index is 6.16. The van der Waals surface area contributed by atoms with E-state index in [4.69, 9.17) is 16.3 Å². The van der Waals surface area contributed by atoms with E-state index in [0.717, 1.165) is 11.4 Å². The van der Waals surface area contributed by atoms with Gasteiger partial charge in [0, 0.05) is 23.5 Å². The van der Waals surface area contributed by atoms with E-state index >= 15 is 0 Å². The molecule has 0 radical (unpaired) electrons. The number of nitrogens with one attached hydrogen (secondary N) is 1. The number of aromatic nitrogens is 1. The first-order valence-electron chi connectivity index (χ1n) is 6.79. The minimum Gasteiger partial charge on any atom is -0.439 e. The maximum absolute atomic E-state index is 6.16. The van der Waals surface area contributed by atoms with Crippen molar-refractivity contribution in [1.82, 2.24) is 10.3 Å². The number of ether oxygens (including phenoxy) is 1. The van der Waals surface area contributed by atoms with Crippen molar-refractivity contribution in [3.8, 4) is 11.6 Å². The van der Waals surface area contributed by atoms with Crippen molar-refractivity contribution in [3.63, 3.8) is 0 Å². The summed E-state index contributed by atoms with van der Waals surface area (Å²) in [5.74, 6) is 1.32. The molecule has 0 unspecified atom stereocenters. The first-order valence-corrected chi connectivity index (χ1v) is 8.39. The number of rotatable bonds is 6. The summed E-state index contributed by atoms with van der Waals surface area (Å²) in [7, 11) is 0. The average Bonchev–Trinajstić information content (AvgIpc) is 2.48. The lowest BCUT2D eigenvalue weighted by Crippen LogP contribution is -2.22. The lowest BCUT2D eigenvalue weighted by molar-refractivity contribution is 0.458. The molecule has 112 valence electrons. The van der Waals surface area contributed by atoms with Crippen molar-refractivity contribution in [3.05, 3.63) is 47.1 Å². The number of nitrogens with zero attached hydrogens (tertiary/aromatic N) is 1. The zero-order valence-corrected chi connectivity index (χ0v) is 14.0. The van der Waals surface area contributed by atoms with Gasteiger partial charge in [0.25, 0.3) is 0 Å². The van der Waals surface area contributed by atoms with Crippen LogP contribution in [0, 0.1) is 0 Å². The monoisotopic (exact) mass is 322 g/mol. The largest absolute Gasteiger partial charge is 0.439 e. The van der Waals surface area contributed by atoms with Crippen molar-refractivity contribution in [1.29, 1.82) is 0 Å². The molecule has 0 aliphatic rings. The van der Waals surface area contributed by atoms with Crippen molar-refractivity contribution in [2.24, 2.45) is 0 Å². The van der Waals surface area contributed by atoms with Gasteiger partial charge in [-0.05, 0) is 36.6 Å². The van der Waals surface area contributed by atoms with E-state index in [9.17, 15) is 0 Å². The molecular weight excluding hydrogens is 304 g/mol. The Morgan fingerprint density at radius 2 is 1.90 bits per heavy atom. The van der Waals surface area contributed by atoms with E-state index in [1.807, 2.05) is 36.6 Å². The normalized spacial score (nSPS) is 10.9. The van der Waals surface area contributed by atoms with Crippen LogP contribution in [0.1, 0.15) is 19.5 Å². The van der Waals surface area contributed by atoms with Crippen molar-refractivity contribution < 1.29 is 4.74 Å². The second-order valence-corrected chi connectivity index (χ2v) is 6.18. The number of hydrogen-bond donors (Lipinski definition) is 1. The molecule has 0 bridgehead atoms. The standard InChI is InChI=1S/C16H19ClN2OS/c1-11(2)18-10-15-14(17)8-9-16(19-15)20-12-4-6-13(21-3)7-5-12/h4-9,11,18H,10H2,1-3H3. The average molecular weight is 323 g/mol. The Balaban J connectivity index is 2.10. The molecule has 1 aromatic heterocycles. The van der Waals surface area contributed by atoms with Crippen LogP contribution in [-0.4, -0.2) is 17.3 Å². The zero-order chi connectivity index (χ0) is 15.2. The van der Waals surface area contributed by atoms with E-state index in [0.29, 0.717) is 23.5 Å². The van der Waals surface area contributed by atoms with Gasteiger partial charge in [-0.15, -0.1) is 11.8 Å². The summed E-state index contributed by atoms with van der Waals surface area (Å²) in [5, 5.41) is 3.95. The number of hydrogen-bond acceptors (Lipinski definition) is 4. The molecule has 21 heavy (non-hydrogen) atoms. The van der Waals surface area contributed by atoms with Gasteiger partial charge < -0.3 is 10.1 Å². The Labute approximate surface area is 135 Å². The van der Waals surface area contributed by atoms with Crippen molar-refractivity contribution in [2.75, 3.05) is 6.26 Å². The summed E-state index contributed by atoms with van der Waals surface area (Å²) in [6, 6.07) is 11.9. The number of thioether (sulfide) groups is 1. The summed E-state index contributed by atoms with van der Waals surface area (Å²) < 4.78 is 5.77. The SMILES string of the molecule is CSc1ccc(Oc2ccc(Cl)c(CNC(C)C)n2)cc1. The molecule has 0 fully saturated rings. The molecule has 5 heteroatoms. The van der Waals surface area contributed by atoms with Crippen LogP contribution in [0.4, 0.5) is 0 Å². The molecule has 0 spiro atoms. The van der Waals surface area contributed by atoms with Crippen LogP contribution in [0.25, 0.3) is 0 Å². The Morgan fingerprint density at radius 3 is 2.52 bits per heavy atom. The molecule has 1 heterocycles. The highest BCUT2D eigenvalue weighted by Gasteiger charge is 2.06. The predicted octanol–water partition coefficient (Wildman–Crippen LogP) is 4.75. The smallest absolute Gasteiger partial charge is 0.219 e. The first-order chi connectivity index (χ1) is 10.1. The van der Waals surface area contributed by atoms with Gasteiger partial charge in [-0.25, -0.2) is 4.98 Å². The molecule has 0 aliphatic heterocycles. The molecular formula is C16H19ClN2OS. The van der Waals surface area contributed by atoms with E-state index in [1.54, 1.807) is 17.8 Å². The van der Waals surface area contributed by atoms with Crippen LogP contribution in [0.3, 0.4) is 0 Å². The first kappa shape index (κ1) is 16.1. The summed E-state index contributed by atoms with van der Waals surface area (Å²) in [6.07, 6.45) is 2.05. The molecule has 1 N–H and O–H groups in total. The molecule has 0 saturated carbocycles. The molecule has 0 atom stereocenters. The van der Waals surface area contributed by atoms with Gasteiger partial charge in [0.05, 0.1) is 10.7 Å². The predicted molar refractivity (Wildman–Crippen MR) is 89.5 cm³/mol. The highest BCUT2D eigenvalue weighted by atomic mass is 35.5. The summed E-state index contributed by atoms with van der Waals surface area (Å²) in [5.41, 5.74) is 0.795. The maximum Gasteiger partial charge on any atom is 0.219 e. The van der Waals surface area contributed by atoms with Gasteiger partial charge in [-0.2, -0.15) is 0 Å². The van der Waals surface area contributed by atoms with Gasteiger partial charge in [-0.1, -0.05) is 25.4 Å². The fraction of sp³-hybridized carbons (Fsp3) is 0.312. The number of benzene rings is 1. The molecule has 3 nitrogen and oxygen atoms in total. The van der Waals surface area contributed by atoms with E-state index in [2.05, 4.69) is 24.1 Å². The second kappa shape index (κ2) is 7.69. The third kappa shape index (κ3) is 4.92. The van der Waals surface area contributed by atoms with Gasteiger partial charge >= 0.3 is 0 Å². The molecule has 0 aliphatic carbocycles. The Bertz CT molecular complexity index is 587. The minimum atomic E-state index is 0.381. The Morgan fingerprint density at radius 1 is 1.19 bits per heavy atom. The van der Waals surface area contributed by atoms with E-state index < -0.39 is 0 Å². The fourth-order valence-corrected chi connectivity index (χ4v) is 2.29. The summed E-state index contributed by atoms with van der Waals surface area (Å²) in [4.78, 5) is 5.66. The minimum absolute atomic E-state index is 0.381. The third-order valence-electron chi connectivity index (χ3n) is 2.85. The van der Waals surface area contributed by atoms with Crippen LogP contribution >= 0.6 is 23.4 Å². The number of halogens is 1. The van der Waals surface area contributed by atoms with Gasteiger partial charge in [-0.3, -0.25) is 0 Å². The van der Waals surface area contributed by atoms with Gasteiger partial charge in [0.15, 0.2) is 0 Å². The highest BCUT2D eigenvalue weighted by molar-refractivity contribution is 7.98. The second-order valence-electron chi connectivity index (χ2n) is 4.89. The molecule has 0 amide bonds. The molecule has 2 rings (SSSR count). The van der Waals surface area contributed by atoms with E-state index in [-0.39, 0.29) is 0 Å². The molecule has 0 saturated heterocycles. The topological polar surface area (TPSA) is 34.1 Å². The molecule has 2 aromatic rings. The number of pyridine rings is 1. The van der Waals surface area contributed by atoms with Crippen LogP contribution < -0.4 is 10.1 Å². The van der Waals surface area contributed by atoms with Crippen molar-refractivity contribution in [2.45, 2.75) is 31.3 Å². The van der Waals surface area contributed by atoms with Crippen LogP contribution in [0.5, 0.6) is 11.6 Å². The van der Waals surface area contributed by atoms with Crippen LogP contribution in [-0.2, 0) is 6.54 Å². The zero-order valence-electron chi connectivity index (χ0n) is 12.4. The van der Waals surface area contributed by atoms with E-state index in [1.165, 1.54) is 4.90 Å². The Kier molecular flexibility index (Phi) is 5.91. The highest BCUT2D eigenvalue weighted by Crippen LogP contribution is 2.25. The lowest BCUT2D eigenvalue weighted by atomic mass is 10.3. The summed E-state index contributed by atoms with van der Waals surface area (Å²) in [6.45, 7) is 4.79. The van der Waals surface area contributed by atoms with Crippen LogP contribution in [0.2, 0.25) is 5.02 Å². The lowest BCUT2D eigenvalue weighted by Gasteiger charge is -2.11. The third-order valence-corrected chi connectivity index (χ3v) is 3.94.